The summed E-state index contributed by atoms with van der Waals surface area (Å²) in [7, 11) is 3.14. The van der Waals surface area contributed by atoms with Crippen LogP contribution in [0.25, 0.3) is 0 Å². The van der Waals surface area contributed by atoms with Crippen LogP contribution in [-0.4, -0.2) is 66.0 Å². The fourth-order valence-corrected chi connectivity index (χ4v) is 7.21. The Bertz CT molecular complexity index is 1820. The average Bonchev–Trinajstić information content (AvgIpc) is 3.61. The van der Waals surface area contributed by atoms with Crippen LogP contribution in [0, 0.1) is 0 Å². The SMILES string of the molecule is COc1ccc(CN(Cc2cccc(C(F)(F)F)c2)Cc2nc(C(=O)N3CCN(C(c4ccccc4)c4ccccc4)CC3)cs2)c(OC)c1. The fraction of sp³-hybridized carbons (Fsp3) is 0.282. The summed E-state index contributed by atoms with van der Waals surface area (Å²) in [5.74, 6) is 1.12. The second-order valence-corrected chi connectivity index (χ2v) is 13.1. The third kappa shape index (κ3) is 8.53. The Labute approximate surface area is 294 Å². The first kappa shape index (κ1) is 35.1. The lowest BCUT2D eigenvalue weighted by atomic mass is 9.96. The molecule has 50 heavy (non-hydrogen) atoms. The van der Waals surface area contributed by atoms with Crippen molar-refractivity contribution in [1.82, 2.24) is 19.7 Å². The number of ether oxygens (including phenoxy) is 2. The molecule has 260 valence electrons. The van der Waals surface area contributed by atoms with Gasteiger partial charge < -0.3 is 14.4 Å². The van der Waals surface area contributed by atoms with Gasteiger partial charge in [-0.25, -0.2) is 4.98 Å². The molecule has 1 aromatic heterocycles. The highest BCUT2D eigenvalue weighted by Crippen LogP contribution is 2.32. The van der Waals surface area contributed by atoms with Crippen molar-refractivity contribution < 1.29 is 27.4 Å². The molecule has 0 spiro atoms. The van der Waals surface area contributed by atoms with E-state index in [4.69, 9.17) is 14.5 Å². The van der Waals surface area contributed by atoms with Crippen molar-refractivity contribution in [2.24, 2.45) is 0 Å². The number of piperazine rings is 1. The molecular weight excluding hydrogens is 662 g/mol. The van der Waals surface area contributed by atoms with Crippen molar-refractivity contribution in [3.05, 3.63) is 147 Å². The average molecular weight is 701 g/mol. The lowest BCUT2D eigenvalue weighted by molar-refractivity contribution is -0.137. The standard InChI is InChI=1S/C39H39F3N4O3S/c1-48-33-17-16-31(35(23-33)49-2)25-44(24-28-10-9-15-32(22-28)39(40,41)42)26-36-43-34(27-50-36)38(47)46-20-18-45(19-21-46)37(29-11-5-3-6-12-29)30-13-7-4-8-14-30/h3-17,22-23,27,37H,18-21,24-26H2,1-2H3. The lowest BCUT2D eigenvalue weighted by Crippen LogP contribution is -2.50. The second kappa shape index (κ2) is 15.9. The molecule has 0 unspecified atom stereocenters. The van der Waals surface area contributed by atoms with Gasteiger partial charge >= 0.3 is 6.18 Å². The van der Waals surface area contributed by atoms with Crippen molar-refractivity contribution in [3.8, 4) is 11.5 Å². The van der Waals surface area contributed by atoms with Gasteiger partial charge in [0.1, 0.15) is 22.2 Å². The molecule has 4 aromatic carbocycles. The van der Waals surface area contributed by atoms with Gasteiger partial charge in [-0.05, 0) is 28.8 Å². The topological polar surface area (TPSA) is 58.1 Å². The number of amides is 1. The molecule has 1 aliphatic heterocycles. The van der Waals surface area contributed by atoms with Crippen LogP contribution in [0.4, 0.5) is 13.2 Å². The Kier molecular flexibility index (Phi) is 11.2. The van der Waals surface area contributed by atoms with Gasteiger partial charge in [0.15, 0.2) is 0 Å². The Morgan fingerprint density at radius 2 is 1.50 bits per heavy atom. The number of halogens is 3. The smallest absolute Gasteiger partial charge is 0.416 e. The zero-order chi connectivity index (χ0) is 35.1. The third-order valence-electron chi connectivity index (χ3n) is 8.88. The summed E-state index contributed by atoms with van der Waals surface area (Å²) in [4.78, 5) is 24.7. The molecule has 1 fully saturated rings. The largest absolute Gasteiger partial charge is 0.497 e. The molecule has 0 aliphatic carbocycles. The first-order valence-corrected chi connectivity index (χ1v) is 17.3. The number of thiazole rings is 1. The molecule has 0 atom stereocenters. The number of benzene rings is 4. The summed E-state index contributed by atoms with van der Waals surface area (Å²) >= 11 is 1.37. The number of carbonyl (C=O) groups is 1. The van der Waals surface area contributed by atoms with Crippen LogP contribution in [0.2, 0.25) is 0 Å². The summed E-state index contributed by atoms with van der Waals surface area (Å²) in [6.45, 7) is 3.50. The predicted octanol–water partition coefficient (Wildman–Crippen LogP) is 7.93. The molecule has 0 saturated carbocycles. The monoisotopic (exact) mass is 700 g/mol. The maximum atomic E-state index is 13.7. The molecule has 1 saturated heterocycles. The summed E-state index contributed by atoms with van der Waals surface area (Å²) in [5, 5.41) is 2.47. The van der Waals surface area contributed by atoms with Gasteiger partial charge in [0.2, 0.25) is 0 Å². The van der Waals surface area contributed by atoms with E-state index >= 15 is 0 Å². The van der Waals surface area contributed by atoms with Gasteiger partial charge in [0, 0.05) is 56.3 Å². The van der Waals surface area contributed by atoms with Gasteiger partial charge in [-0.2, -0.15) is 13.2 Å². The van der Waals surface area contributed by atoms with Gasteiger partial charge in [0.25, 0.3) is 5.91 Å². The van der Waals surface area contributed by atoms with Crippen molar-refractivity contribution in [1.29, 1.82) is 0 Å². The minimum Gasteiger partial charge on any atom is -0.497 e. The van der Waals surface area contributed by atoms with E-state index in [1.807, 2.05) is 34.1 Å². The number of aromatic nitrogens is 1. The number of rotatable bonds is 12. The van der Waals surface area contributed by atoms with E-state index in [-0.39, 0.29) is 18.5 Å². The number of methoxy groups -OCH3 is 2. The van der Waals surface area contributed by atoms with E-state index in [1.54, 1.807) is 31.7 Å². The Hall–Kier alpha value is -4.71. The molecule has 0 bridgehead atoms. The molecule has 1 amide bonds. The van der Waals surface area contributed by atoms with E-state index in [0.717, 1.165) is 11.6 Å². The number of nitrogens with zero attached hydrogens (tertiary/aromatic N) is 4. The Morgan fingerprint density at radius 3 is 2.12 bits per heavy atom. The molecule has 1 aliphatic rings. The molecule has 0 N–H and O–H groups in total. The maximum Gasteiger partial charge on any atom is 0.416 e. The van der Waals surface area contributed by atoms with Crippen molar-refractivity contribution in [3.63, 3.8) is 0 Å². The summed E-state index contributed by atoms with van der Waals surface area (Å²) < 4.78 is 51.5. The van der Waals surface area contributed by atoms with Crippen molar-refractivity contribution in [2.75, 3.05) is 40.4 Å². The van der Waals surface area contributed by atoms with Gasteiger partial charge in [-0.3, -0.25) is 14.6 Å². The van der Waals surface area contributed by atoms with Crippen LogP contribution in [0.5, 0.6) is 11.5 Å². The number of alkyl halides is 3. The third-order valence-corrected chi connectivity index (χ3v) is 9.71. The van der Waals surface area contributed by atoms with E-state index < -0.39 is 11.7 Å². The predicted molar refractivity (Wildman–Crippen MR) is 188 cm³/mol. The molecule has 6 rings (SSSR count). The molecular formula is C39H39F3N4O3S. The highest BCUT2D eigenvalue weighted by Gasteiger charge is 2.31. The minimum absolute atomic E-state index is 0.0904. The Morgan fingerprint density at radius 1 is 0.820 bits per heavy atom. The van der Waals surface area contributed by atoms with Crippen LogP contribution < -0.4 is 9.47 Å². The van der Waals surface area contributed by atoms with Crippen LogP contribution in [0.3, 0.4) is 0 Å². The van der Waals surface area contributed by atoms with E-state index in [0.29, 0.717) is 67.0 Å². The number of carbonyl (C=O) groups excluding carboxylic acids is 1. The van der Waals surface area contributed by atoms with Crippen molar-refractivity contribution >= 4 is 17.2 Å². The van der Waals surface area contributed by atoms with Crippen LogP contribution >= 0.6 is 11.3 Å². The first-order chi connectivity index (χ1) is 24.2. The minimum atomic E-state index is -4.44. The maximum absolute atomic E-state index is 13.7. The first-order valence-electron chi connectivity index (χ1n) is 16.4. The van der Waals surface area contributed by atoms with Crippen LogP contribution in [-0.2, 0) is 25.8 Å². The van der Waals surface area contributed by atoms with E-state index in [9.17, 15) is 18.0 Å². The number of hydrogen-bond donors (Lipinski definition) is 0. The highest BCUT2D eigenvalue weighted by atomic mass is 32.1. The quantitative estimate of drug-likeness (QED) is 0.132. The van der Waals surface area contributed by atoms with Gasteiger partial charge in [-0.15, -0.1) is 11.3 Å². The molecule has 7 nitrogen and oxygen atoms in total. The van der Waals surface area contributed by atoms with E-state index in [1.165, 1.54) is 34.6 Å². The molecule has 5 aromatic rings. The molecule has 2 heterocycles. The zero-order valence-electron chi connectivity index (χ0n) is 28.0. The fourth-order valence-electron chi connectivity index (χ4n) is 6.40. The summed E-state index contributed by atoms with van der Waals surface area (Å²) in [5.41, 5.74) is 3.46. The normalized spacial score (nSPS) is 13.9. The molecule has 0 radical (unpaired) electrons. The van der Waals surface area contributed by atoms with Gasteiger partial charge in [-0.1, -0.05) is 84.9 Å². The zero-order valence-corrected chi connectivity index (χ0v) is 28.8. The highest BCUT2D eigenvalue weighted by molar-refractivity contribution is 7.09. The lowest BCUT2D eigenvalue weighted by Gasteiger charge is -2.39. The summed E-state index contributed by atoms with van der Waals surface area (Å²) in [6.07, 6.45) is -4.44. The second-order valence-electron chi connectivity index (χ2n) is 12.2. The van der Waals surface area contributed by atoms with Crippen LogP contribution in [0.1, 0.15) is 49.4 Å². The summed E-state index contributed by atoms with van der Waals surface area (Å²) in [6, 6.07) is 31.8. The Balaban J connectivity index is 1.16. The van der Waals surface area contributed by atoms with Crippen molar-refractivity contribution in [2.45, 2.75) is 31.9 Å². The van der Waals surface area contributed by atoms with Crippen LogP contribution in [0.15, 0.2) is 109 Å². The van der Waals surface area contributed by atoms with E-state index in [2.05, 4.69) is 53.4 Å². The van der Waals surface area contributed by atoms with Gasteiger partial charge in [0.05, 0.1) is 32.4 Å². The number of hydrogen-bond acceptors (Lipinski definition) is 7. The molecule has 11 heteroatoms.